The van der Waals surface area contributed by atoms with Crippen molar-refractivity contribution in [3.05, 3.63) is 0 Å². The van der Waals surface area contributed by atoms with E-state index in [9.17, 15) is 9.59 Å². The van der Waals surface area contributed by atoms with Gasteiger partial charge in [-0.2, -0.15) is 13.5 Å². The summed E-state index contributed by atoms with van der Waals surface area (Å²) < 4.78 is 15.4. The highest BCUT2D eigenvalue weighted by atomic mass is 32.1. The summed E-state index contributed by atoms with van der Waals surface area (Å²) in [6.45, 7) is 6.44. The summed E-state index contributed by atoms with van der Waals surface area (Å²) in [5.41, 5.74) is 4.78. The molecule has 0 unspecified atom stereocenters. The molecule has 0 aliphatic heterocycles. The van der Waals surface area contributed by atoms with Gasteiger partial charge in [-0.15, -0.1) is 0 Å². The molecule has 0 radical (unpaired) electrons. The minimum absolute atomic E-state index is 0. The zero-order valence-corrected chi connectivity index (χ0v) is 13.9. The van der Waals surface area contributed by atoms with Crippen molar-refractivity contribution >= 4 is 25.4 Å². The average Bonchev–Trinajstić information content (AvgIpc) is 2.29. The van der Waals surface area contributed by atoms with Gasteiger partial charge in [0.15, 0.2) is 0 Å². The smallest absolute Gasteiger partial charge is 0.322 e. The van der Waals surface area contributed by atoms with Crippen LogP contribution in [0.25, 0.3) is 0 Å². The Balaban J connectivity index is 0. The summed E-state index contributed by atoms with van der Waals surface area (Å²) in [5.74, 6) is -1.34. The molecule has 0 bridgehead atoms. The third-order valence-corrected chi connectivity index (χ3v) is 2.08. The van der Waals surface area contributed by atoms with Crippen LogP contribution in [0.3, 0.4) is 0 Å². The van der Waals surface area contributed by atoms with E-state index in [2.05, 4.69) is 0 Å². The van der Waals surface area contributed by atoms with Gasteiger partial charge >= 0.3 is 11.9 Å². The third kappa shape index (κ3) is 15.4. The number of carboxylic acid groups (broad SMARTS) is 1. The monoisotopic (exact) mass is 325 g/mol. The molecule has 21 heavy (non-hydrogen) atoms. The van der Waals surface area contributed by atoms with Gasteiger partial charge in [-0.1, -0.05) is 0 Å². The standard InChI is InChI=1S/C13H25NO6.H2S/c1-13(2,3)20-11(15)5-4-6-18-7-8-19-9-10(14)12(16)17;/h10H,4-9,14H2,1-3H3,(H,16,17);1H2/t10-;/m0./s1. The number of carboxylic acids is 1. The first-order chi connectivity index (χ1) is 9.22. The zero-order chi connectivity index (χ0) is 15.6. The SMILES string of the molecule is CC(C)(C)OC(=O)CCCOCCOC[C@H](N)C(=O)O.S. The van der Waals surface area contributed by atoms with Crippen molar-refractivity contribution in [1.29, 1.82) is 0 Å². The van der Waals surface area contributed by atoms with Gasteiger partial charge in [-0.25, -0.2) is 0 Å². The molecule has 1 atom stereocenters. The molecule has 8 heteroatoms. The predicted octanol–water partition coefficient (Wildman–Crippen LogP) is 0.666. The minimum atomic E-state index is -1.09. The molecule has 7 nitrogen and oxygen atoms in total. The maximum absolute atomic E-state index is 11.4. The van der Waals surface area contributed by atoms with Crippen LogP contribution in [-0.4, -0.2) is 55.1 Å². The van der Waals surface area contributed by atoms with E-state index in [0.29, 0.717) is 26.1 Å². The molecule has 0 aromatic rings. The van der Waals surface area contributed by atoms with Gasteiger partial charge in [0.2, 0.25) is 0 Å². The van der Waals surface area contributed by atoms with E-state index in [1.165, 1.54) is 0 Å². The van der Waals surface area contributed by atoms with Crippen LogP contribution in [0.1, 0.15) is 33.6 Å². The Morgan fingerprint density at radius 2 is 1.71 bits per heavy atom. The molecule has 3 N–H and O–H groups in total. The zero-order valence-electron chi connectivity index (χ0n) is 12.9. The van der Waals surface area contributed by atoms with E-state index in [-0.39, 0.29) is 32.7 Å². The largest absolute Gasteiger partial charge is 0.480 e. The van der Waals surface area contributed by atoms with Crippen LogP contribution < -0.4 is 5.73 Å². The van der Waals surface area contributed by atoms with Crippen LogP contribution in [-0.2, 0) is 23.8 Å². The van der Waals surface area contributed by atoms with E-state index >= 15 is 0 Å². The van der Waals surface area contributed by atoms with Crippen LogP contribution in [0.15, 0.2) is 0 Å². The van der Waals surface area contributed by atoms with Crippen LogP contribution in [0.5, 0.6) is 0 Å². The maximum atomic E-state index is 11.4. The first kappa shape index (κ1) is 22.5. The number of carbonyl (C=O) groups excluding carboxylic acids is 1. The molecule has 0 aromatic heterocycles. The molecule has 0 fully saturated rings. The summed E-state index contributed by atoms with van der Waals surface area (Å²) in [6, 6.07) is -1.01. The van der Waals surface area contributed by atoms with Crippen molar-refractivity contribution in [3.8, 4) is 0 Å². The van der Waals surface area contributed by atoms with Gasteiger partial charge in [0, 0.05) is 13.0 Å². The number of aliphatic carboxylic acids is 1. The van der Waals surface area contributed by atoms with Crippen molar-refractivity contribution in [2.45, 2.75) is 45.3 Å². The highest BCUT2D eigenvalue weighted by Crippen LogP contribution is 2.08. The summed E-state index contributed by atoms with van der Waals surface area (Å²) in [4.78, 5) is 21.7. The van der Waals surface area contributed by atoms with E-state index in [0.717, 1.165) is 0 Å². The van der Waals surface area contributed by atoms with Crippen LogP contribution >= 0.6 is 13.5 Å². The van der Waals surface area contributed by atoms with Gasteiger partial charge in [-0.05, 0) is 27.2 Å². The Morgan fingerprint density at radius 3 is 2.24 bits per heavy atom. The highest BCUT2D eigenvalue weighted by molar-refractivity contribution is 7.59. The number of hydrogen-bond acceptors (Lipinski definition) is 6. The second kappa shape index (κ2) is 11.8. The molecule has 0 spiro atoms. The number of carbonyl (C=O) groups is 2. The average molecular weight is 325 g/mol. The van der Waals surface area contributed by atoms with Crippen LogP contribution in [0.4, 0.5) is 0 Å². The van der Waals surface area contributed by atoms with E-state index in [1.54, 1.807) is 0 Å². The van der Waals surface area contributed by atoms with Gasteiger partial charge < -0.3 is 25.1 Å². The molecular formula is C13H27NO6S. The van der Waals surface area contributed by atoms with Gasteiger partial charge in [0.25, 0.3) is 0 Å². The minimum Gasteiger partial charge on any atom is -0.480 e. The van der Waals surface area contributed by atoms with Crippen molar-refractivity contribution in [2.75, 3.05) is 26.4 Å². The highest BCUT2D eigenvalue weighted by Gasteiger charge is 2.15. The number of ether oxygens (including phenoxy) is 3. The fraction of sp³-hybridized carbons (Fsp3) is 0.846. The summed E-state index contributed by atoms with van der Waals surface area (Å²) in [5, 5.41) is 8.51. The van der Waals surface area contributed by atoms with E-state index in [1.807, 2.05) is 20.8 Å². The second-order valence-corrected chi connectivity index (χ2v) is 5.32. The normalized spacial score (nSPS) is 12.4. The number of nitrogens with two attached hydrogens (primary N) is 1. The van der Waals surface area contributed by atoms with Crippen molar-refractivity contribution in [3.63, 3.8) is 0 Å². The molecule has 0 aliphatic rings. The Labute approximate surface area is 132 Å². The fourth-order valence-corrected chi connectivity index (χ4v) is 1.21. The second-order valence-electron chi connectivity index (χ2n) is 5.32. The lowest BCUT2D eigenvalue weighted by Crippen LogP contribution is -2.35. The number of esters is 1. The molecule has 0 aromatic carbocycles. The van der Waals surface area contributed by atoms with Gasteiger partial charge in [-0.3, -0.25) is 9.59 Å². The topological polar surface area (TPSA) is 108 Å². The van der Waals surface area contributed by atoms with Gasteiger partial charge in [0.05, 0.1) is 19.8 Å². The predicted molar refractivity (Wildman–Crippen MR) is 82.7 cm³/mol. The molecule has 126 valence electrons. The van der Waals surface area contributed by atoms with Gasteiger partial charge in [0.1, 0.15) is 11.6 Å². The number of hydrogen-bond donors (Lipinski definition) is 2. The summed E-state index contributed by atoms with van der Waals surface area (Å²) in [7, 11) is 0. The Bertz CT molecular complexity index is 306. The first-order valence-corrected chi connectivity index (χ1v) is 6.58. The van der Waals surface area contributed by atoms with Crippen molar-refractivity contribution in [2.24, 2.45) is 5.73 Å². The lowest BCUT2D eigenvalue weighted by atomic mass is 10.2. The Morgan fingerprint density at radius 1 is 1.14 bits per heavy atom. The number of rotatable bonds is 10. The summed E-state index contributed by atoms with van der Waals surface area (Å²) in [6.07, 6.45) is 0.881. The maximum Gasteiger partial charge on any atom is 0.322 e. The van der Waals surface area contributed by atoms with Crippen LogP contribution in [0, 0.1) is 0 Å². The summed E-state index contributed by atoms with van der Waals surface area (Å²) >= 11 is 0. The van der Waals surface area contributed by atoms with Crippen molar-refractivity contribution < 1.29 is 28.9 Å². The quantitative estimate of drug-likeness (QED) is 0.449. The molecule has 0 saturated heterocycles. The van der Waals surface area contributed by atoms with E-state index in [4.69, 9.17) is 25.1 Å². The lowest BCUT2D eigenvalue weighted by Gasteiger charge is -2.19. The van der Waals surface area contributed by atoms with Crippen molar-refractivity contribution in [1.82, 2.24) is 0 Å². The first-order valence-electron chi connectivity index (χ1n) is 6.58. The molecule has 0 rings (SSSR count). The molecule has 0 saturated carbocycles. The molecular weight excluding hydrogens is 298 g/mol. The molecule has 0 heterocycles. The molecule has 0 aliphatic carbocycles. The molecule has 0 amide bonds. The lowest BCUT2D eigenvalue weighted by molar-refractivity contribution is -0.155. The van der Waals surface area contributed by atoms with Crippen LogP contribution in [0.2, 0.25) is 0 Å². The Kier molecular flexibility index (Phi) is 12.6. The van der Waals surface area contributed by atoms with E-state index < -0.39 is 17.6 Å². The Hall–Kier alpha value is -0.830. The fourth-order valence-electron chi connectivity index (χ4n) is 1.21. The third-order valence-electron chi connectivity index (χ3n) is 2.08.